The molecule has 0 bridgehead atoms. The highest BCUT2D eigenvalue weighted by Crippen LogP contribution is 2.12. The molecule has 0 radical (unpaired) electrons. The number of nitrogens with one attached hydrogen (secondary N) is 2. The molecule has 2 aromatic carbocycles. The number of rotatable bonds is 6. The first-order chi connectivity index (χ1) is 11.1. The first-order valence-corrected chi connectivity index (χ1v) is 7.09. The molecule has 0 unspecified atom stereocenters. The van der Waals surface area contributed by atoms with Crippen LogP contribution >= 0.6 is 0 Å². The van der Waals surface area contributed by atoms with E-state index in [0.717, 1.165) is 0 Å². The molecule has 0 spiro atoms. The van der Waals surface area contributed by atoms with Crippen molar-refractivity contribution in [2.45, 2.75) is 0 Å². The minimum absolute atomic E-state index is 0.104. The average molecular weight is 314 g/mol. The maximum atomic E-state index is 12.0. The Hall–Kier alpha value is -3.02. The molecule has 0 aliphatic carbocycles. The number of phenols is 1. The molecule has 6 heteroatoms. The predicted molar refractivity (Wildman–Crippen MR) is 85.8 cm³/mol. The lowest BCUT2D eigenvalue weighted by molar-refractivity contribution is 0.0927. The van der Waals surface area contributed by atoms with Gasteiger partial charge in [-0.3, -0.25) is 9.59 Å². The molecule has 0 aliphatic heterocycles. The lowest BCUT2D eigenvalue weighted by atomic mass is 10.2. The van der Waals surface area contributed by atoms with E-state index in [1.807, 2.05) is 0 Å². The van der Waals surface area contributed by atoms with Crippen molar-refractivity contribution in [3.8, 4) is 11.5 Å². The Bertz CT molecular complexity index is 683. The lowest BCUT2D eigenvalue weighted by Crippen LogP contribution is -2.34. The fourth-order valence-corrected chi connectivity index (χ4v) is 1.93. The summed E-state index contributed by atoms with van der Waals surface area (Å²) in [6, 6.07) is 12.8. The van der Waals surface area contributed by atoms with Crippen molar-refractivity contribution in [3.63, 3.8) is 0 Å². The van der Waals surface area contributed by atoms with E-state index >= 15 is 0 Å². The Morgan fingerprint density at radius 3 is 2.17 bits per heavy atom. The van der Waals surface area contributed by atoms with E-state index in [9.17, 15) is 14.7 Å². The first kappa shape index (κ1) is 16.4. The molecule has 0 atom stereocenters. The zero-order valence-corrected chi connectivity index (χ0v) is 12.7. The zero-order valence-electron chi connectivity index (χ0n) is 12.7. The van der Waals surface area contributed by atoms with E-state index < -0.39 is 0 Å². The second-order valence-corrected chi connectivity index (χ2v) is 4.79. The van der Waals surface area contributed by atoms with Crippen molar-refractivity contribution in [1.82, 2.24) is 10.6 Å². The summed E-state index contributed by atoms with van der Waals surface area (Å²) in [5, 5.41) is 14.6. The third-order valence-corrected chi connectivity index (χ3v) is 3.16. The number of aromatic hydroxyl groups is 1. The number of hydrogen-bond donors (Lipinski definition) is 3. The molecule has 0 heterocycles. The summed E-state index contributed by atoms with van der Waals surface area (Å²) >= 11 is 0. The molecule has 6 nitrogen and oxygen atoms in total. The third-order valence-electron chi connectivity index (χ3n) is 3.16. The summed E-state index contributed by atoms with van der Waals surface area (Å²) in [6.45, 7) is 0.606. The van der Waals surface area contributed by atoms with Crippen LogP contribution in [0.4, 0.5) is 0 Å². The van der Waals surface area contributed by atoms with Gasteiger partial charge in [0.15, 0.2) is 0 Å². The van der Waals surface area contributed by atoms with Crippen LogP contribution in [0.3, 0.4) is 0 Å². The van der Waals surface area contributed by atoms with E-state index in [4.69, 9.17) is 4.74 Å². The predicted octanol–water partition coefficient (Wildman–Crippen LogP) is 1.56. The molecule has 120 valence electrons. The van der Waals surface area contributed by atoms with Crippen LogP contribution in [0.5, 0.6) is 11.5 Å². The van der Waals surface area contributed by atoms with Crippen LogP contribution in [-0.2, 0) is 0 Å². The number of phenolic OH excluding ortho intramolecular Hbond substituents is 1. The number of benzene rings is 2. The number of carbonyl (C=O) groups is 2. The van der Waals surface area contributed by atoms with Gasteiger partial charge in [-0.1, -0.05) is 6.07 Å². The molecule has 0 saturated carbocycles. The van der Waals surface area contributed by atoms with Crippen molar-refractivity contribution in [3.05, 3.63) is 59.7 Å². The monoisotopic (exact) mass is 314 g/mol. The fourth-order valence-electron chi connectivity index (χ4n) is 1.93. The van der Waals surface area contributed by atoms with Gasteiger partial charge in [-0.05, 0) is 42.5 Å². The Kier molecular flexibility index (Phi) is 5.57. The molecule has 0 aliphatic rings. The largest absolute Gasteiger partial charge is 0.508 e. The highest BCUT2D eigenvalue weighted by atomic mass is 16.5. The summed E-state index contributed by atoms with van der Waals surface area (Å²) in [4.78, 5) is 23.8. The van der Waals surface area contributed by atoms with Gasteiger partial charge in [-0.25, -0.2) is 0 Å². The van der Waals surface area contributed by atoms with Crippen LogP contribution in [0.25, 0.3) is 0 Å². The SMILES string of the molecule is COc1cccc(C(=O)NCCNC(=O)c2ccc(O)cc2)c1. The van der Waals surface area contributed by atoms with E-state index in [2.05, 4.69) is 10.6 Å². The summed E-state index contributed by atoms with van der Waals surface area (Å²) in [7, 11) is 1.54. The Morgan fingerprint density at radius 2 is 1.57 bits per heavy atom. The molecule has 0 aromatic heterocycles. The minimum atomic E-state index is -0.263. The second-order valence-electron chi connectivity index (χ2n) is 4.79. The van der Waals surface area contributed by atoms with Gasteiger partial charge < -0.3 is 20.5 Å². The Balaban J connectivity index is 1.77. The quantitative estimate of drug-likeness (QED) is 0.706. The summed E-state index contributed by atoms with van der Waals surface area (Å²) in [5.41, 5.74) is 0.941. The van der Waals surface area contributed by atoms with Gasteiger partial charge in [0.2, 0.25) is 0 Å². The van der Waals surface area contributed by atoms with Gasteiger partial charge in [-0.15, -0.1) is 0 Å². The standard InChI is InChI=1S/C17H18N2O4/c1-23-15-4-2-3-13(11-15)17(22)19-10-9-18-16(21)12-5-7-14(20)8-6-12/h2-8,11,20H,9-10H2,1H3,(H,18,21)(H,19,22). The molecular weight excluding hydrogens is 296 g/mol. The summed E-state index contributed by atoms with van der Waals surface area (Å²) < 4.78 is 5.06. The smallest absolute Gasteiger partial charge is 0.251 e. The molecule has 0 saturated heterocycles. The van der Waals surface area contributed by atoms with Gasteiger partial charge >= 0.3 is 0 Å². The summed E-state index contributed by atoms with van der Waals surface area (Å²) in [6.07, 6.45) is 0. The molecule has 23 heavy (non-hydrogen) atoms. The number of amides is 2. The maximum absolute atomic E-state index is 12.0. The van der Waals surface area contributed by atoms with Crippen LogP contribution in [0.2, 0.25) is 0 Å². The molecule has 2 amide bonds. The van der Waals surface area contributed by atoms with Crippen molar-refractivity contribution >= 4 is 11.8 Å². The molecule has 3 N–H and O–H groups in total. The van der Waals surface area contributed by atoms with Crippen molar-refractivity contribution in [2.75, 3.05) is 20.2 Å². The van der Waals surface area contributed by atoms with Crippen molar-refractivity contribution in [2.24, 2.45) is 0 Å². The molecular formula is C17H18N2O4. The van der Waals surface area contributed by atoms with Crippen molar-refractivity contribution in [1.29, 1.82) is 0 Å². The average Bonchev–Trinajstić information content (AvgIpc) is 2.59. The van der Waals surface area contributed by atoms with Gasteiger partial charge in [0.05, 0.1) is 7.11 Å². The number of ether oxygens (including phenoxy) is 1. The topological polar surface area (TPSA) is 87.7 Å². The number of hydrogen-bond acceptors (Lipinski definition) is 4. The van der Waals surface area contributed by atoms with Crippen LogP contribution in [0.1, 0.15) is 20.7 Å². The fraction of sp³-hybridized carbons (Fsp3) is 0.176. The lowest BCUT2D eigenvalue weighted by Gasteiger charge is -2.08. The van der Waals surface area contributed by atoms with Gasteiger partial charge in [0.25, 0.3) is 11.8 Å². The first-order valence-electron chi connectivity index (χ1n) is 7.09. The normalized spacial score (nSPS) is 9.96. The van der Waals surface area contributed by atoms with E-state index in [1.165, 1.54) is 31.4 Å². The van der Waals surface area contributed by atoms with Crippen LogP contribution in [-0.4, -0.2) is 37.1 Å². The number of methoxy groups -OCH3 is 1. The Labute approximate surface area is 134 Å². The van der Waals surface area contributed by atoms with Gasteiger partial charge in [0, 0.05) is 24.2 Å². The van der Waals surface area contributed by atoms with Crippen molar-refractivity contribution < 1.29 is 19.4 Å². The Morgan fingerprint density at radius 1 is 0.957 bits per heavy atom. The van der Waals surface area contributed by atoms with E-state index in [1.54, 1.807) is 24.3 Å². The maximum Gasteiger partial charge on any atom is 0.251 e. The minimum Gasteiger partial charge on any atom is -0.508 e. The van der Waals surface area contributed by atoms with E-state index in [-0.39, 0.29) is 17.6 Å². The number of carbonyl (C=O) groups excluding carboxylic acids is 2. The molecule has 2 rings (SSSR count). The third kappa shape index (κ3) is 4.74. The van der Waals surface area contributed by atoms with Gasteiger partial charge in [0.1, 0.15) is 11.5 Å². The van der Waals surface area contributed by atoms with E-state index in [0.29, 0.717) is 30.0 Å². The molecule has 0 fully saturated rings. The summed E-state index contributed by atoms with van der Waals surface area (Å²) in [5.74, 6) is 0.216. The highest BCUT2D eigenvalue weighted by molar-refractivity contribution is 5.95. The van der Waals surface area contributed by atoms with Gasteiger partial charge in [-0.2, -0.15) is 0 Å². The van der Waals surface area contributed by atoms with Crippen LogP contribution in [0, 0.1) is 0 Å². The highest BCUT2D eigenvalue weighted by Gasteiger charge is 2.07. The van der Waals surface area contributed by atoms with Crippen LogP contribution in [0.15, 0.2) is 48.5 Å². The second kappa shape index (κ2) is 7.84. The zero-order chi connectivity index (χ0) is 16.7. The van der Waals surface area contributed by atoms with Crippen LogP contribution < -0.4 is 15.4 Å². The molecule has 2 aromatic rings.